The van der Waals surface area contributed by atoms with Crippen molar-refractivity contribution >= 4 is 22.8 Å². The largest absolute Gasteiger partial charge is 0.469 e. The first-order valence-electron chi connectivity index (χ1n) is 6.24. The average molecular weight is 285 g/mol. The molecule has 0 heterocycles. The summed E-state index contributed by atoms with van der Waals surface area (Å²) < 4.78 is 4.58. The molecule has 0 aromatic heterocycles. The van der Waals surface area contributed by atoms with Gasteiger partial charge in [-0.05, 0) is 43.4 Å². The second-order valence-electron chi connectivity index (χ2n) is 4.24. The van der Waals surface area contributed by atoms with Gasteiger partial charge in [-0.1, -0.05) is 29.8 Å². The zero-order valence-electron chi connectivity index (χ0n) is 11.7. The number of benzene rings is 1. The van der Waals surface area contributed by atoms with E-state index in [0.717, 1.165) is 19.3 Å². The van der Waals surface area contributed by atoms with Crippen LogP contribution >= 0.6 is 11.6 Å². The quantitative estimate of drug-likeness (QED) is 0.471. The minimum Gasteiger partial charge on any atom is -0.469 e. The maximum absolute atomic E-state index is 10.8. The summed E-state index contributed by atoms with van der Waals surface area (Å²) in [5.41, 5.74) is 2.62. The van der Waals surface area contributed by atoms with E-state index in [0.29, 0.717) is 6.42 Å². The van der Waals surface area contributed by atoms with Crippen LogP contribution < -0.4 is 0 Å². The fraction of sp³-hybridized carbons (Fsp3) is 0.467. The van der Waals surface area contributed by atoms with Gasteiger partial charge in [0.2, 0.25) is 5.24 Å². The van der Waals surface area contributed by atoms with Crippen LogP contribution in [0.2, 0.25) is 0 Å². The summed E-state index contributed by atoms with van der Waals surface area (Å²) in [6.45, 7) is 3.38. The summed E-state index contributed by atoms with van der Waals surface area (Å²) in [6.07, 6.45) is 3.51. The summed E-state index contributed by atoms with van der Waals surface area (Å²) in [4.78, 5) is 20.1. The van der Waals surface area contributed by atoms with Crippen molar-refractivity contribution in [3.63, 3.8) is 0 Å². The first-order valence-corrected chi connectivity index (χ1v) is 6.62. The molecule has 0 spiro atoms. The first-order chi connectivity index (χ1) is 8.95. The highest BCUT2D eigenvalue weighted by Gasteiger charge is 1.99. The number of hydrogen-bond acceptors (Lipinski definition) is 3. The van der Waals surface area contributed by atoms with Crippen LogP contribution in [-0.4, -0.2) is 18.3 Å². The van der Waals surface area contributed by atoms with Gasteiger partial charge in [-0.25, -0.2) is 0 Å². The van der Waals surface area contributed by atoms with Crippen molar-refractivity contribution in [2.24, 2.45) is 0 Å². The van der Waals surface area contributed by atoms with Crippen LogP contribution in [0, 0.1) is 6.92 Å². The van der Waals surface area contributed by atoms with E-state index >= 15 is 0 Å². The van der Waals surface area contributed by atoms with Crippen LogP contribution in [-0.2, 0) is 20.7 Å². The highest BCUT2D eigenvalue weighted by Crippen LogP contribution is 2.08. The Kier molecular flexibility index (Phi) is 9.81. The number of carbonyl (C=O) groups is 2. The molecule has 0 radical (unpaired) electrons. The van der Waals surface area contributed by atoms with Crippen LogP contribution in [0.25, 0.3) is 0 Å². The molecular formula is C15H21ClO3. The third-order valence-electron chi connectivity index (χ3n) is 2.44. The molecular weight excluding hydrogens is 264 g/mol. The molecule has 0 saturated heterocycles. The van der Waals surface area contributed by atoms with Crippen molar-refractivity contribution < 1.29 is 14.3 Å². The lowest BCUT2D eigenvalue weighted by Crippen LogP contribution is -1.99. The maximum atomic E-state index is 10.8. The predicted octanol–water partition coefficient (Wildman–Crippen LogP) is 3.65. The average Bonchev–Trinajstić information content (AvgIpc) is 2.35. The second-order valence-corrected chi connectivity index (χ2v) is 4.77. The van der Waals surface area contributed by atoms with Gasteiger partial charge in [0.25, 0.3) is 0 Å². The standard InChI is InChI=1S/C13H18O2.C2H3ClO/c1-11-7-9-12(10-8-11)5-3-4-6-13(14)15-2;1-2(3)4/h7-10H,3-6H2,1-2H3;1H3. The monoisotopic (exact) mass is 284 g/mol. The highest BCUT2D eigenvalue weighted by molar-refractivity contribution is 6.62. The highest BCUT2D eigenvalue weighted by atomic mass is 35.5. The van der Waals surface area contributed by atoms with E-state index in [1.165, 1.54) is 25.2 Å². The fourth-order valence-electron chi connectivity index (χ4n) is 1.46. The van der Waals surface area contributed by atoms with Crippen LogP contribution in [0.5, 0.6) is 0 Å². The predicted molar refractivity (Wildman–Crippen MR) is 77.3 cm³/mol. The lowest BCUT2D eigenvalue weighted by atomic mass is 10.1. The first kappa shape index (κ1) is 17.6. The lowest BCUT2D eigenvalue weighted by Gasteiger charge is -2.01. The van der Waals surface area contributed by atoms with Crippen LogP contribution in [0.3, 0.4) is 0 Å². The molecule has 0 atom stereocenters. The Morgan fingerprint density at radius 2 is 1.68 bits per heavy atom. The van der Waals surface area contributed by atoms with Crippen molar-refractivity contribution in [2.75, 3.05) is 7.11 Å². The van der Waals surface area contributed by atoms with Crippen molar-refractivity contribution in [3.05, 3.63) is 35.4 Å². The number of halogens is 1. The zero-order chi connectivity index (χ0) is 14.7. The van der Waals surface area contributed by atoms with E-state index in [2.05, 4.69) is 47.5 Å². The summed E-state index contributed by atoms with van der Waals surface area (Å²) >= 11 is 4.64. The Morgan fingerprint density at radius 3 is 2.16 bits per heavy atom. The van der Waals surface area contributed by atoms with Gasteiger partial charge in [-0.15, -0.1) is 0 Å². The Balaban J connectivity index is 0.000000711. The molecule has 0 aliphatic carbocycles. The van der Waals surface area contributed by atoms with E-state index < -0.39 is 0 Å². The third kappa shape index (κ3) is 11.5. The molecule has 0 unspecified atom stereocenters. The van der Waals surface area contributed by atoms with Gasteiger partial charge in [0, 0.05) is 13.3 Å². The van der Waals surface area contributed by atoms with Gasteiger partial charge in [-0.2, -0.15) is 0 Å². The zero-order valence-corrected chi connectivity index (χ0v) is 12.5. The number of aryl methyl sites for hydroxylation is 2. The van der Waals surface area contributed by atoms with E-state index in [-0.39, 0.29) is 11.2 Å². The Morgan fingerprint density at radius 1 is 1.16 bits per heavy atom. The number of carbonyl (C=O) groups excluding carboxylic acids is 2. The lowest BCUT2D eigenvalue weighted by molar-refractivity contribution is -0.140. The molecule has 0 saturated carbocycles. The number of ether oxygens (including phenoxy) is 1. The van der Waals surface area contributed by atoms with Crippen LogP contribution in [0.1, 0.15) is 37.3 Å². The number of esters is 1. The molecule has 4 heteroatoms. The normalized spacial score (nSPS) is 9.26. The molecule has 1 rings (SSSR count). The fourth-order valence-corrected chi connectivity index (χ4v) is 1.46. The van der Waals surface area contributed by atoms with Gasteiger partial charge in [0.1, 0.15) is 0 Å². The molecule has 0 aliphatic rings. The van der Waals surface area contributed by atoms with Crippen molar-refractivity contribution in [1.29, 1.82) is 0 Å². The molecule has 106 valence electrons. The van der Waals surface area contributed by atoms with E-state index in [4.69, 9.17) is 0 Å². The van der Waals surface area contributed by atoms with E-state index in [1.54, 1.807) is 0 Å². The summed E-state index contributed by atoms with van der Waals surface area (Å²) in [5.74, 6) is -0.112. The van der Waals surface area contributed by atoms with Gasteiger partial charge in [0.15, 0.2) is 0 Å². The summed E-state index contributed by atoms with van der Waals surface area (Å²) in [5, 5.41) is -0.361. The Labute approximate surface area is 119 Å². The van der Waals surface area contributed by atoms with Crippen molar-refractivity contribution in [2.45, 2.75) is 39.5 Å². The molecule has 3 nitrogen and oxygen atoms in total. The number of rotatable bonds is 5. The van der Waals surface area contributed by atoms with Crippen LogP contribution in [0.15, 0.2) is 24.3 Å². The molecule has 0 bridgehead atoms. The van der Waals surface area contributed by atoms with E-state index in [1.807, 2.05) is 0 Å². The smallest absolute Gasteiger partial charge is 0.305 e. The van der Waals surface area contributed by atoms with Crippen LogP contribution in [0.4, 0.5) is 0 Å². The maximum Gasteiger partial charge on any atom is 0.305 e. The van der Waals surface area contributed by atoms with Gasteiger partial charge in [-0.3, -0.25) is 9.59 Å². The minimum atomic E-state index is -0.361. The molecule has 1 aromatic rings. The molecule has 0 aliphatic heterocycles. The molecule has 1 aromatic carbocycles. The molecule has 0 fully saturated rings. The molecule has 0 amide bonds. The number of unbranched alkanes of at least 4 members (excludes halogenated alkanes) is 1. The summed E-state index contributed by atoms with van der Waals surface area (Å²) in [7, 11) is 1.43. The summed E-state index contributed by atoms with van der Waals surface area (Å²) in [6, 6.07) is 8.53. The van der Waals surface area contributed by atoms with Crippen molar-refractivity contribution in [1.82, 2.24) is 0 Å². The van der Waals surface area contributed by atoms with Gasteiger partial charge >= 0.3 is 5.97 Å². The third-order valence-corrected chi connectivity index (χ3v) is 2.44. The van der Waals surface area contributed by atoms with Gasteiger partial charge < -0.3 is 4.74 Å². The minimum absolute atomic E-state index is 0.112. The Bertz CT molecular complexity index is 381. The second kappa shape index (κ2) is 10.6. The van der Waals surface area contributed by atoms with Crippen molar-refractivity contribution in [3.8, 4) is 0 Å². The topological polar surface area (TPSA) is 43.4 Å². The van der Waals surface area contributed by atoms with Gasteiger partial charge in [0.05, 0.1) is 7.11 Å². The van der Waals surface area contributed by atoms with E-state index in [9.17, 15) is 9.59 Å². The SMILES string of the molecule is CC(=O)Cl.COC(=O)CCCCc1ccc(C)cc1. The Hall–Kier alpha value is -1.35. The number of methoxy groups -OCH3 is 1. The number of hydrogen-bond donors (Lipinski definition) is 0. The molecule has 19 heavy (non-hydrogen) atoms. The molecule has 0 N–H and O–H groups in total.